The van der Waals surface area contributed by atoms with E-state index in [4.69, 9.17) is 0 Å². The van der Waals surface area contributed by atoms with Gasteiger partial charge in [-0.05, 0) is 43.7 Å². The Morgan fingerprint density at radius 1 is 1.03 bits per heavy atom. The largest absolute Gasteiger partial charge is 0.355 e. The molecule has 3 aromatic rings. The Kier molecular flexibility index (Phi) is 7.37. The second-order valence-electron chi connectivity index (χ2n) is 7.06. The van der Waals surface area contributed by atoms with E-state index >= 15 is 0 Å². The van der Waals surface area contributed by atoms with Crippen molar-refractivity contribution < 1.29 is 9.18 Å². The van der Waals surface area contributed by atoms with Gasteiger partial charge in [0.15, 0.2) is 5.96 Å². The molecule has 0 fully saturated rings. The molecule has 0 unspecified atom stereocenters. The lowest BCUT2D eigenvalue weighted by molar-refractivity contribution is 0.0950. The molecule has 162 valence electrons. The van der Waals surface area contributed by atoms with Crippen LogP contribution in [0.25, 0.3) is 5.69 Å². The highest BCUT2D eigenvalue weighted by Gasteiger charge is 2.11. The molecular weight excluding hydrogens is 395 g/mol. The van der Waals surface area contributed by atoms with E-state index in [0.717, 1.165) is 22.6 Å². The lowest BCUT2D eigenvalue weighted by atomic mass is 10.1. The van der Waals surface area contributed by atoms with Crippen LogP contribution in [0.1, 0.15) is 27.3 Å². The fraction of sp³-hybridized carbons (Fsp3) is 0.261. The van der Waals surface area contributed by atoms with Gasteiger partial charge in [0, 0.05) is 32.4 Å². The number of guanidine groups is 1. The number of amides is 1. The fourth-order valence-electron chi connectivity index (χ4n) is 3.24. The molecule has 7 nitrogen and oxygen atoms in total. The number of carbonyl (C=O) groups is 1. The van der Waals surface area contributed by atoms with E-state index in [9.17, 15) is 9.18 Å². The third-order valence-corrected chi connectivity index (χ3v) is 4.72. The van der Waals surface area contributed by atoms with Crippen molar-refractivity contribution in [3.8, 4) is 5.69 Å². The van der Waals surface area contributed by atoms with Gasteiger partial charge < -0.3 is 16.0 Å². The monoisotopic (exact) mass is 422 g/mol. The molecule has 2 aromatic carbocycles. The highest BCUT2D eigenvalue weighted by molar-refractivity contribution is 5.94. The molecule has 0 saturated carbocycles. The topological polar surface area (TPSA) is 83.3 Å². The number of nitrogens with zero attached hydrogens (tertiary/aromatic N) is 3. The van der Waals surface area contributed by atoms with Gasteiger partial charge in [-0.15, -0.1) is 0 Å². The van der Waals surface area contributed by atoms with Crippen LogP contribution >= 0.6 is 0 Å². The SMILES string of the molecule is CN=C(NCCNC(=O)c1ccccc1F)NCc1ccccc1-n1nc(C)cc1C. The van der Waals surface area contributed by atoms with Gasteiger partial charge in [-0.2, -0.15) is 5.10 Å². The number of para-hydroxylation sites is 1. The van der Waals surface area contributed by atoms with E-state index in [1.165, 1.54) is 12.1 Å². The van der Waals surface area contributed by atoms with E-state index in [2.05, 4.69) is 26.0 Å². The summed E-state index contributed by atoms with van der Waals surface area (Å²) in [5, 5.41) is 13.7. The summed E-state index contributed by atoms with van der Waals surface area (Å²) in [7, 11) is 1.68. The summed E-state index contributed by atoms with van der Waals surface area (Å²) in [5.74, 6) is -0.378. The number of aryl methyl sites for hydroxylation is 2. The number of hydrogen-bond donors (Lipinski definition) is 3. The Balaban J connectivity index is 1.52. The molecule has 0 aliphatic carbocycles. The highest BCUT2D eigenvalue weighted by atomic mass is 19.1. The minimum atomic E-state index is -0.535. The van der Waals surface area contributed by atoms with Crippen LogP contribution in [0, 0.1) is 19.7 Å². The lowest BCUT2D eigenvalue weighted by Gasteiger charge is -2.15. The van der Waals surface area contributed by atoms with Crippen molar-refractivity contribution >= 4 is 11.9 Å². The molecule has 1 amide bonds. The second-order valence-corrected chi connectivity index (χ2v) is 7.06. The summed E-state index contributed by atoms with van der Waals surface area (Å²) < 4.78 is 15.6. The Morgan fingerprint density at radius 3 is 2.45 bits per heavy atom. The summed E-state index contributed by atoms with van der Waals surface area (Å²) in [6.45, 7) is 5.33. The van der Waals surface area contributed by atoms with Gasteiger partial charge in [-0.25, -0.2) is 9.07 Å². The van der Waals surface area contributed by atoms with Crippen molar-refractivity contribution in [3.63, 3.8) is 0 Å². The number of hydrogen-bond acceptors (Lipinski definition) is 3. The summed E-state index contributed by atoms with van der Waals surface area (Å²) in [4.78, 5) is 16.3. The molecule has 0 aliphatic heterocycles. The van der Waals surface area contributed by atoms with Gasteiger partial charge in [0.05, 0.1) is 16.9 Å². The van der Waals surface area contributed by atoms with Crippen LogP contribution in [0.2, 0.25) is 0 Å². The number of nitrogens with one attached hydrogen (secondary N) is 3. The van der Waals surface area contributed by atoms with Crippen molar-refractivity contribution in [1.82, 2.24) is 25.7 Å². The molecule has 3 N–H and O–H groups in total. The number of halogens is 1. The third-order valence-electron chi connectivity index (χ3n) is 4.72. The Bertz CT molecular complexity index is 1080. The number of aromatic nitrogens is 2. The third kappa shape index (κ3) is 5.69. The summed E-state index contributed by atoms with van der Waals surface area (Å²) in [6, 6.07) is 16.0. The number of aliphatic imine (C=N–C) groups is 1. The van der Waals surface area contributed by atoms with E-state index in [0.29, 0.717) is 25.6 Å². The molecule has 1 aromatic heterocycles. The molecule has 0 spiro atoms. The molecule has 3 rings (SSSR count). The van der Waals surface area contributed by atoms with Crippen LogP contribution in [0.5, 0.6) is 0 Å². The van der Waals surface area contributed by atoms with Crippen molar-refractivity contribution in [3.05, 3.63) is 82.9 Å². The summed E-state index contributed by atoms with van der Waals surface area (Å²) >= 11 is 0. The van der Waals surface area contributed by atoms with Crippen LogP contribution in [0.15, 0.2) is 59.6 Å². The summed E-state index contributed by atoms with van der Waals surface area (Å²) in [6.07, 6.45) is 0. The average Bonchev–Trinajstić information content (AvgIpc) is 3.11. The van der Waals surface area contributed by atoms with Crippen LogP contribution in [-0.4, -0.2) is 41.8 Å². The standard InChI is InChI=1S/C23H27FN6O/c1-16-14-17(2)30(29-16)21-11-7-4-8-18(21)15-28-23(25-3)27-13-12-26-22(31)19-9-5-6-10-20(19)24/h4-11,14H,12-13,15H2,1-3H3,(H,26,31)(H2,25,27,28). The average molecular weight is 423 g/mol. The van der Waals surface area contributed by atoms with Gasteiger partial charge in [0.2, 0.25) is 0 Å². The van der Waals surface area contributed by atoms with E-state index in [1.807, 2.05) is 48.9 Å². The number of carbonyl (C=O) groups excluding carboxylic acids is 1. The van der Waals surface area contributed by atoms with Crippen molar-refractivity contribution in [2.75, 3.05) is 20.1 Å². The summed E-state index contributed by atoms with van der Waals surface area (Å²) in [5.41, 5.74) is 4.15. The first-order valence-corrected chi connectivity index (χ1v) is 10.1. The molecule has 8 heteroatoms. The van der Waals surface area contributed by atoms with Crippen LogP contribution in [0.4, 0.5) is 4.39 Å². The molecule has 0 atom stereocenters. The van der Waals surface area contributed by atoms with Crippen molar-refractivity contribution in [1.29, 1.82) is 0 Å². The molecule has 0 saturated heterocycles. The van der Waals surface area contributed by atoms with Gasteiger partial charge >= 0.3 is 0 Å². The van der Waals surface area contributed by atoms with Gasteiger partial charge in [-0.3, -0.25) is 9.79 Å². The zero-order chi connectivity index (χ0) is 22.2. The van der Waals surface area contributed by atoms with Crippen LogP contribution in [-0.2, 0) is 6.54 Å². The van der Waals surface area contributed by atoms with E-state index < -0.39 is 11.7 Å². The fourth-order valence-corrected chi connectivity index (χ4v) is 3.24. The maximum Gasteiger partial charge on any atom is 0.254 e. The van der Waals surface area contributed by atoms with Crippen LogP contribution < -0.4 is 16.0 Å². The number of rotatable bonds is 7. The first kappa shape index (κ1) is 22.0. The second kappa shape index (κ2) is 10.4. The zero-order valence-corrected chi connectivity index (χ0v) is 17.9. The predicted octanol–water partition coefficient (Wildman–Crippen LogP) is 2.72. The van der Waals surface area contributed by atoms with Crippen molar-refractivity contribution in [2.24, 2.45) is 4.99 Å². The van der Waals surface area contributed by atoms with Crippen molar-refractivity contribution in [2.45, 2.75) is 20.4 Å². The smallest absolute Gasteiger partial charge is 0.254 e. The zero-order valence-electron chi connectivity index (χ0n) is 17.9. The Labute approximate surface area is 181 Å². The van der Waals surface area contributed by atoms with E-state index in [1.54, 1.807) is 19.2 Å². The molecule has 0 radical (unpaired) electrons. The van der Waals surface area contributed by atoms with Gasteiger partial charge in [-0.1, -0.05) is 30.3 Å². The molecule has 1 heterocycles. The molecule has 0 aliphatic rings. The number of benzene rings is 2. The highest BCUT2D eigenvalue weighted by Crippen LogP contribution is 2.16. The van der Waals surface area contributed by atoms with Gasteiger partial charge in [0.25, 0.3) is 5.91 Å². The minimum absolute atomic E-state index is 0.0331. The van der Waals surface area contributed by atoms with Crippen LogP contribution in [0.3, 0.4) is 0 Å². The van der Waals surface area contributed by atoms with E-state index in [-0.39, 0.29) is 5.56 Å². The Morgan fingerprint density at radius 2 is 1.74 bits per heavy atom. The molecular formula is C23H27FN6O. The predicted molar refractivity (Wildman–Crippen MR) is 120 cm³/mol. The first-order chi connectivity index (χ1) is 15.0. The maximum absolute atomic E-state index is 13.7. The molecule has 0 bridgehead atoms. The lowest BCUT2D eigenvalue weighted by Crippen LogP contribution is -2.41. The normalized spacial score (nSPS) is 11.3. The Hall–Kier alpha value is -3.68. The maximum atomic E-state index is 13.7. The van der Waals surface area contributed by atoms with Gasteiger partial charge in [0.1, 0.15) is 5.82 Å². The quantitative estimate of drug-likeness (QED) is 0.311. The minimum Gasteiger partial charge on any atom is -0.355 e. The molecule has 31 heavy (non-hydrogen) atoms. The first-order valence-electron chi connectivity index (χ1n) is 10.1.